The summed E-state index contributed by atoms with van der Waals surface area (Å²) in [6, 6.07) is 34.0. The highest BCUT2D eigenvalue weighted by molar-refractivity contribution is 5.99. The van der Waals surface area contributed by atoms with Crippen molar-refractivity contribution in [1.29, 1.82) is 0 Å². The van der Waals surface area contributed by atoms with Gasteiger partial charge in [0.05, 0.1) is 11.0 Å². The maximum Gasteiger partial charge on any atom is 0.323 e. The number of anilines is 2. The van der Waals surface area contributed by atoms with E-state index in [1.165, 1.54) is 0 Å². The van der Waals surface area contributed by atoms with E-state index >= 15 is 0 Å². The van der Waals surface area contributed by atoms with E-state index in [0.717, 1.165) is 57.9 Å². The molecule has 2 N–H and O–H groups in total. The molecule has 0 saturated carbocycles. The minimum absolute atomic E-state index is 0.258. The summed E-state index contributed by atoms with van der Waals surface area (Å²) in [5.74, 6) is 1.02. The Kier molecular flexibility index (Phi) is 6.08. The molecular formula is C29H26N4O. The van der Waals surface area contributed by atoms with Gasteiger partial charge < -0.3 is 10.6 Å². The summed E-state index contributed by atoms with van der Waals surface area (Å²) in [7, 11) is 0. The number of hydrogen-bond acceptors (Lipinski definition) is 2. The molecule has 34 heavy (non-hydrogen) atoms. The third kappa shape index (κ3) is 4.84. The molecule has 0 unspecified atom stereocenters. The first-order valence-electron chi connectivity index (χ1n) is 11.4. The third-order valence-electron chi connectivity index (χ3n) is 5.78. The minimum atomic E-state index is -0.258. The Hall–Kier alpha value is -4.38. The molecule has 0 aliphatic rings. The van der Waals surface area contributed by atoms with E-state index in [0.29, 0.717) is 0 Å². The summed E-state index contributed by atoms with van der Waals surface area (Å²) in [4.78, 5) is 17.3. The minimum Gasteiger partial charge on any atom is -0.308 e. The number of rotatable bonds is 6. The van der Waals surface area contributed by atoms with Gasteiger partial charge in [-0.05, 0) is 67.4 Å². The lowest BCUT2D eigenvalue weighted by molar-refractivity contribution is 0.262. The second-order valence-electron chi connectivity index (χ2n) is 8.33. The van der Waals surface area contributed by atoms with Crippen LogP contribution < -0.4 is 10.6 Å². The van der Waals surface area contributed by atoms with Gasteiger partial charge in [-0.3, -0.25) is 4.57 Å². The molecule has 2 amide bonds. The van der Waals surface area contributed by atoms with Crippen molar-refractivity contribution in [1.82, 2.24) is 9.55 Å². The maximum absolute atomic E-state index is 12.4. The third-order valence-corrected chi connectivity index (χ3v) is 5.78. The van der Waals surface area contributed by atoms with E-state index in [1.807, 2.05) is 79.7 Å². The quantitative estimate of drug-likeness (QED) is 0.303. The van der Waals surface area contributed by atoms with Gasteiger partial charge in [-0.15, -0.1) is 0 Å². The fourth-order valence-corrected chi connectivity index (χ4v) is 4.10. The first kappa shape index (κ1) is 21.5. The van der Waals surface area contributed by atoms with Crippen LogP contribution >= 0.6 is 0 Å². The standard InChI is InChI=1S/C29H26N4O/c1-21-14-17-23(18-15-21)30-29(34)31-24-9-7-8-22(20-24)16-19-28-32-26-12-5-6-13-27(26)33(28)25-10-3-2-4-11-25/h2-15,17-18,20H,16,19H2,1H3,(H2,30,31,34). The van der Waals surface area contributed by atoms with Crippen LogP contribution in [0.5, 0.6) is 0 Å². The number of carbonyl (C=O) groups excluding carboxylic acids is 1. The molecule has 0 bridgehead atoms. The van der Waals surface area contributed by atoms with Crippen LogP contribution in [0.3, 0.4) is 0 Å². The van der Waals surface area contributed by atoms with Crippen molar-refractivity contribution in [3.63, 3.8) is 0 Å². The van der Waals surface area contributed by atoms with Crippen molar-refractivity contribution in [2.45, 2.75) is 19.8 Å². The van der Waals surface area contributed by atoms with Gasteiger partial charge in [0.25, 0.3) is 0 Å². The van der Waals surface area contributed by atoms with E-state index in [4.69, 9.17) is 4.98 Å². The molecule has 1 heterocycles. The summed E-state index contributed by atoms with van der Waals surface area (Å²) in [5, 5.41) is 5.80. The van der Waals surface area contributed by atoms with E-state index in [9.17, 15) is 4.79 Å². The fourth-order valence-electron chi connectivity index (χ4n) is 4.10. The van der Waals surface area contributed by atoms with Gasteiger partial charge in [-0.1, -0.05) is 60.2 Å². The Morgan fingerprint density at radius 1 is 0.765 bits per heavy atom. The molecule has 5 heteroatoms. The summed E-state index contributed by atoms with van der Waals surface area (Å²) >= 11 is 0. The van der Waals surface area contributed by atoms with Gasteiger partial charge in [0.2, 0.25) is 0 Å². The monoisotopic (exact) mass is 446 g/mol. The number of hydrogen-bond donors (Lipinski definition) is 2. The highest BCUT2D eigenvalue weighted by atomic mass is 16.2. The molecule has 0 fully saturated rings. The predicted molar refractivity (Wildman–Crippen MR) is 139 cm³/mol. The van der Waals surface area contributed by atoms with Crippen LogP contribution in [0.1, 0.15) is 17.0 Å². The Balaban J connectivity index is 1.31. The van der Waals surface area contributed by atoms with E-state index < -0.39 is 0 Å². The lowest BCUT2D eigenvalue weighted by Gasteiger charge is -2.11. The van der Waals surface area contributed by atoms with Crippen molar-refractivity contribution in [2.24, 2.45) is 0 Å². The topological polar surface area (TPSA) is 59.0 Å². The molecule has 0 aliphatic carbocycles. The van der Waals surface area contributed by atoms with Crippen LogP contribution in [0, 0.1) is 6.92 Å². The summed E-state index contributed by atoms with van der Waals surface area (Å²) in [6.45, 7) is 2.02. The van der Waals surface area contributed by atoms with Crippen LogP contribution in [-0.2, 0) is 12.8 Å². The normalized spacial score (nSPS) is 10.9. The Bertz CT molecular complexity index is 1420. The summed E-state index contributed by atoms with van der Waals surface area (Å²) in [5.41, 5.74) is 7.02. The smallest absolute Gasteiger partial charge is 0.308 e. The van der Waals surface area contributed by atoms with Crippen molar-refractivity contribution < 1.29 is 4.79 Å². The first-order chi connectivity index (χ1) is 16.7. The number of aryl methyl sites for hydroxylation is 3. The number of aromatic nitrogens is 2. The van der Waals surface area contributed by atoms with Crippen LogP contribution in [0.25, 0.3) is 16.7 Å². The van der Waals surface area contributed by atoms with Gasteiger partial charge >= 0.3 is 6.03 Å². The number of amides is 2. The van der Waals surface area contributed by atoms with Crippen LogP contribution in [0.4, 0.5) is 16.2 Å². The molecule has 4 aromatic carbocycles. The SMILES string of the molecule is Cc1ccc(NC(=O)Nc2cccc(CCc3nc4ccccc4n3-c3ccccc3)c2)cc1. The first-order valence-corrected chi connectivity index (χ1v) is 11.4. The van der Waals surface area contributed by atoms with Crippen LogP contribution in [-0.4, -0.2) is 15.6 Å². The Morgan fingerprint density at radius 3 is 2.32 bits per heavy atom. The summed E-state index contributed by atoms with van der Waals surface area (Å²) in [6.07, 6.45) is 1.59. The number of para-hydroxylation sites is 3. The second kappa shape index (κ2) is 9.63. The Morgan fingerprint density at radius 2 is 1.50 bits per heavy atom. The largest absolute Gasteiger partial charge is 0.323 e. The molecule has 5 aromatic rings. The molecule has 5 rings (SSSR count). The average Bonchev–Trinajstić information content (AvgIpc) is 3.23. The van der Waals surface area contributed by atoms with Crippen molar-refractivity contribution in [3.8, 4) is 5.69 Å². The zero-order valence-corrected chi connectivity index (χ0v) is 19.0. The number of imidazole rings is 1. The Labute approximate surface area is 199 Å². The maximum atomic E-state index is 12.4. The molecule has 0 atom stereocenters. The van der Waals surface area contributed by atoms with Gasteiger partial charge in [0.1, 0.15) is 5.82 Å². The van der Waals surface area contributed by atoms with E-state index in [1.54, 1.807) is 0 Å². The number of carbonyl (C=O) groups is 1. The van der Waals surface area contributed by atoms with Gasteiger partial charge in [-0.2, -0.15) is 0 Å². The molecule has 0 radical (unpaired) electrons. The molecular weight excluding hydrogens is 420 g/mol. The van der Waals surface area contributed by atoms with Crippen molar-refractivity contribution >= 4 is 28.4 Å². The van der Waals surface area contributed by atoms with Crippen LogP contribution in [0.15, 0.2) is 103 Å². The molecule has 168 valence electrons. The molecule has 0 spiro atoms. The highest BCUT2D eigenvalue weighted by Gasteiger charge is 2.12. The fraction of sp³-hybridized carbons (Fsp3) is 0.103. The number of benzene rings is 4. The van der Waals surface area contributed by atoms with Crippen molar-refractivity contribution in [2.75, 3.05) is 10.6 Å². The summed E-state index contributed by atoms with van der Waals surface area (Å²) < 4.78 is 2.23. The molecule has 1 aromatic heterocycles. The van der Waals surface area contributed by atoms with Gasteiger partial charge in [-0.25, -0.2) is 9.78 Å². The lowest BCUT2D eigenvalue weighted by Crippen LogP contribution is -2.19. The van der Waals surface area contributed by atoms with Crippen LogP contribution in [0.2, 0.25) is 0 Å². The predicted octanol–water partition coefficient (Wildman–Crippen LogP) is 6.76. The van der Waals surface area contributed by atoms with Crippen molar-refractivity contribution in [3.05, 3.63) is 120 Å². The van der Waals surface area contributed by atoms with Gasteiger partial charge in [0, 0.05) is 23.5 Å². The average molecular weight is 447 g/mol. The highest BCUT2D eigenvalue weighted by Crippen LogP contribution is 2.23. The van der Waals surface area contributed by atoms with E-state index in [2.05, 4.69) is 45.5 Å². The number of urea groups is 1. The van der Waals surface area contributed by atoms with Gasteiger partial charge in [0.15, 0.2) is 0 Å². The molecule has 0 saturated heterocycles. The number of nitrogens with one attached hydrogen (secondary N) is 2. The lowest BCUT2D eigenvalue weighted by atomic mass is 10.1. The molecule has 0 aliphatic heterocycles. The van der Waals surface area contributed by atoms with E-state index in [-0.39, 0.29) is 6.03 Å². The zero-order valence-electron chi connectivity index (χ0n) is 19.0. The second-order valence-corrected chi connectivity index (χ2v) is 8.33. The molecule has 5 nitrogen and oxygen atoms in total. The number of fused-ring (bicyclic) bond motifs is 1. The number of nitrogens with zero attached hydrogens (tertiary/aromatic N) is 2. The zero-order chi connectivity index (χ0) is 23.3.